The van der Waals surface area contributed by atoms with Crippen molar-refractivity contribution in [1.82, 2.24) is 29.5 Å². The van der Waals surface area contributed by atoms with Crippen molar-refractivity contribution in [1.29, 1.82) is 21.0 Å². The maximum absolute atomic E-state index is 9.97. The third kappa shape index (κ3) is 8.66. The molecule has 3 aromatic heterocycles. The van der Waals surface area contributed by atoms with Crippen LogP contribution in [0.5, 0.6) is 0 Å². The maximum atomic E-state index is 9.97. The highest BCUT2D eigenvalue weighted by Gasteiger charge is 2.23. The molecule has 0 amide bonds. The van der Waals surface area contributed by atoms with Crippen LogP contribution in [0.2, 0.25) is 0 Å². The molecule has 12 aromatic rings. The first-order chi connectivity index (χ1) is 36.9. The van der Waals surface area contributed by atoms with Crippen molar-refractivity contribution in [2.24, 2.45) is 0 Å². The van der Waals surface area contributed by atoms with Crippen molar-refractivity contribution in [3.63, 3.8) is 0 Å². The largest absolute Gasteiger partial charge is 0.308 e. The summed E-state index contributed by atoms with van der Waals surface area (Å²) in [5.74, 6) is 2.01. The van der Waals surface area contributed by atoms with Gasteiger partial charge in [-0.2, -0.15) is 21.0 Å². The molecule has 0 N–H and O–H groups in total. The van der Waals surface area contributed by atoms with Gasteiger partial charge < -0.3 is 4.57 Å². The quantitative estimate of drug-likeness (QED) is 0.137. The van der Waals surface area contributed by atoms with Crippen molar-refractivity contribution in [2.75, 3.05) is 0 Å². The molecule has 0 bridgehead atoms. The molecule has 0 saturated heterocycles. The van der Waals surface area contributed by atoms with Crippen LogP contribution in [0.25, 0.3) is 118 Å². The first kappa shape index (κ1) is 45.0. The van der Waals surface area contributed by atoms with Gasteiger partial charge in [0.05, 0.1) is 74.6 Å². The van der Waals surface area contributed by atoms with Gasteiger partial charge in [-0.05, 0) is 101 Å². The Balaban J connectivity index is 1.16. The van der Waals surface area contributed by atoms with Gasteiger partial charge in [0.2, 0.25) is 0 Å². The second-order valence-corrected chi connectivity index (χ2v) is 17.8. The summed E-state index contributed by atoms with van der Waals surface area (Å²) in [6.45, 7) is 0. The number of nitrogens with zero attached hydrogens (tertiary/aromatic N) is 10. The van der Waals surface area contributed by atoms with Gasteiger partial charge in [0.15, 0.2) is 23.3 Å². The van der Waals surface area contributed by atoms with Crippen LogP contribution in [-0.4, -0.2) is 29.5 Å². The summed E-state index contributed by atoms with van der Waals surface area (Å²) in [6.07, 6.45) is 0. The van der Waals surface area contributed by atoms with Gasteiger partial charge in [-0.25, -0.2) is 24.9 Å². The molecule has 0 radical (unpaired) electrons. The fourth-order valence-electron chi connectivity index (χ4n) is 9.56. The smallest absolute Gasteiger partial charge is 0.166 e. The van der Waals surface area contributed by atoms with Gasteiger partial charge >= 0.3 is 0 Å². The van der Waals surface area contributed by atoms with Crippen molar-refractivity contribution in [3.8, 4) is 120 Å². The van der Waals surface area contributed by atoms with Crippen molar-refractivity contribution < 1.29 is 0 Å². The Morgan fingerprint density at radius 2 is 0.653 bits per heavy atom. The molecule has 12 rings (SSSR count). The van der Waals surface area contributed by atoms with E-state index in [1.54, 1.807) is 36.4 Å². The Hall–Kier alpha value is -11.2. The van der Waals surface area contributed by atoms with Gasteiger partial charge in [-0.1, -0.05) is 140 Å². The van der Waals surface area contributed by atoms with E-state index in [9.17, 15) is 21.0 Å². The van der Waals surface area contributed by atoms with Crippen LogP contribution in [0, 0.1) is 45.3 Å². The summed E-state index contributed by atoms with van der Waals surface area (Å²) >= 11 is 0. The van der Waals surface area contributed by atoms with Crippen LogP contribution in [0.15, 0.2) is 218 Å². The second kappa shape index (κ2) is 19.2. The summed E-state index contributed by atoms with van der Waals surface area (Å²) in [7, 11) is 0. The average molecular weight is 957 g/mol. The summed E-state index contributed by atoms with van der Waals surface area (Å²) in [5.41, 5.74) is 13.4. The SMILES string of the molecule is N#Cc1cc(C#N)cc(-c2ccc3c(c2)c2cc(-c4cc(C#N)cc(C#N)c4)ccc2n3-c2ccc(-c3cc(-c4ccccc4)nc(-c4ccccc4)n3)cc2-c2nc(-c3ccccc3)nc(-c3ccccc3)n2)c1. The second-order valence-electron chi connectivity index (χ2n) is 17.8. The standard InChI is InChI=1S/C65H36N10/c66-37-41-27-42(38-67)30-52(29-41)49-21-24-59-54(33-49)55-34-50(53-31-43(39-68)28-44(32-53)40-69)22-25-60(55)75(59)61-26-23-51(58-36-57(45-13-5-1-6-14-45)70-62(71-58)46-15-7-2-8-16-46)35-56(61)65-73-63(47-17-9-3-10-18-47)72-64(74-65)48-19-11-4-12-20-48/h1-36H. The van der Waals surface area contributed by atoms with E-state index in [0.29, 0.717) is 56.8 Å². The molecule has 0 atom stereocenters. The molecule has 0 unspecified atom stereocenters. The van der Waals surface area contributed by atoms with Crippen LogP contribution >= 0.6 is 0 Å². The number of rotatable bonds is 9. The normalized spacial score (nSPS) is 10.9. The lowest BCUT2D eigenvalue weighted by atomic mass is 9.97. The van der Waals surface area contributed by atoms with Gasteiger partial charge in [-0.15, -0.1) is 0 Å². The molecular weight excluding hydrogens is 921 g/mol. The zero-order valence-electron chi connectivity index (χ0n) is 39.8. The third-order valence-electron chi connectivity index (χ3n) is 13.1. The van der Waals surface area contributed by atoms with Crippen molar-refractivity contribution >= 4 is 21.8 Å². The highest BCUT2D eigenvalue weighted by atomic mass is 15.1. The molecule has 0 saturated carbocycles. The Kier molecular flexibility index (Phi) is 11.5. The molecule has 9 aromatic carbocycles. The van der Waals surface area contributed by atoms with Gasteiger partial charge in [0.1, 0.15) is 0 Å². The molecule has 346 valence electrons. The minimum atomic E-state index is 0.377. The lowest BCUT2D eigenvalue weighted by Crippen LogP contribution is -2.04. The summed E-state index contributed by atoms with van der Waals surface area (Å²) in [5, 5.41) is 41.6. The predicted octanol–water partition coefficient (Wildman–Crippen LogP) is 14.6. The molecule has 0 spiro atoms. The molecule has 0 aliphatic rings. The van der Waals surface area contributed by atoms with Gasteiger partial charge in [0, 0.05) is 44.2 Å². The average Bonchev–Trinajstić information content (AvgIpc) is 3.88. The molecule has 0 aliphatic carbocycles. The third-order valence-corrected chi connectivity index (χ3v) is 13.1. The van der Waals surface area contributed by atoms with Crippen molar-refractivity contribution in [3.05, 3.63) is 241 Å². The van der Waals surface area contributed by atoms with Crippen molar-refractivity contribution in [2.45, 2.75) is 0 Å². The number of hydrogen-bond donors (Lipinski definition) is 0. The van der Waals surface area contributed by atoms with E-state index in [1.165, 1.54) is 0 Å². The van der Waals surface area contributed by atoms with E-state index in [1.807, 2.05) is 140 Å². The minimum absolute atomic E-state index is 0.377. The van der Waals surface area contributed by atoms with Gasteiger partial charge in [-0.3, -0.25) is 0 Å². The lowest BCUT2D eigenvalue weighted by molar-refractivity contribution is 1.06. The topological polar surface area (TPSA) is 165 Å². The number of hydrogen-bond acceptors (Lipinski definition) is 9. The lowest BCUT2D eigenvalue weighted by Gasteiger charge is -2.17. The molecule has 75 heavy (non-hydrogen) atoms. The van der Waals surface area contributed by atoms with E-state index in [-0.39, 0.29) is 0 Å². The number of fused-ring (bicyclic) bond motifs is 3. The van der Waals surface area contributed by atoms with Crippen LogP contribution < -0.4 is 0 Å². The van der Waals surface area contributed by atoms with E-state index < -0.39 is 0 Å². The molecule has 0 fully saturated rings. The summed E-state index contributed by atoms with van der Waals surface area (Å²) in [4.78, 5) is 26.0. The highest BCUT2D eigenvalue weighted by molar-refractivity contribution is 6.12. The van der Waals surface area contributed by atoms with Gasteiger partial charge in [0.25, 0.3) is 0 Å². The maximum Gasteiger partial charge on any atom is 0.166 e. The minimum Gasteiger partial charge on any atom is -0.308 e. The Morgan fingerprint density at radius 1 is 0.280 bits per heavy atom. The van der Waals surface area contributed by atoms with Crippen LogP contribution in [0.1, 0.15) is 22.3 Å². The fraction of sp³-hybridized carbons (Fsp3) is 0. The Morgan fingerprint density at radius 3 is 1.08 bits per heavy atom. The number of benzene rings is 9. The van der Waals surface area contributed by atoms with Crippen LogP contribution in [0.4, 0.5) is 0 Å². The molecule has 10 heteroatoms. The molecule has 10 nitrogen and oxygen atoms in total. The Bertz CT molecular complexity index is 4080. The van der Waals surface area contributed by atoms with E-state index >= 15 is 0 Å². The highest BCUT2D eigenvalue weighted by Crippen LogP contribution is 2.42. The number of nitriles is 4. The predicted molar refractivity (Wildman–Crippen MR) is 292 cm³/mol. The first-order valence-corrected chi connectivity index (χ1v) is 23.9. The fourth-order valence-corrected chi connectivity index (χ4v) is 9.56. The van der Waals surface area contributed by atoms with Crippen LogP contribution in [0.3, 0.4) is 0 Å². The molecular formula is C65H36N10. The molecule has 3 heterocycles. The summed E-state index contributed by atoms with van der Waals surface area (Å²) < 4.78 is 2.20. The zero-order chi connectivity index (χ0) is 50.8. The van der Waals surface area contributed by atoms with Crippen LogP contribution in [-0.2, 0) is 0 Å². The van der Waals surface area contributed by atoms with E-state index in [0.717, 1.165) is 83.3 Å². The van der Waals surface area contributed by atoms with E-state index in [4.69, 9.17) is 24.9 Å². The van der Waals surface area contributed by atoms with E-state index in [2.05, 4.69) is 71.3 Å². The summed E-state index contributed by atoms with van der Waals surface area (Å²) in [6, 6.07) is 79.4. The zero-order valence-corrected chi connectivity index (χ0v) is 39.8. The monoisotopic (exact) mass is 956 g/mol. The number of aromatic nitrogens is 6. The molecule has 0 aliphatic heterocycles. The first-order valence-electron chi connectivity index (χ1n) is 23.9. The Labute approximate surface area is 431 Å².